The molecule has 0 aliphatic heterocycles. The number of aromatic nitrogens is 1. The lowest BCUT2D eigenvalue weighted by Gasteiger charge is -2.06. The summed E-state index contributed by atoms with van der Waals surface area (Å²) in [4.78, 5) is 3.97. The largest absolute Gasteiger partial charge is 0.354 e. The first-order valence-electron chi connectivity index (χ1n) is 5.78. The van der Waals surface area contributed by atoms with Crippen molar-refractivity contribution >= 4 is 23.7 Å². The quantitative estimate of drug-likeness (QED) is 0.799. The summed E-state index contributed by atoms with van der Waals surface area (Å²) in [6, 6.07) is 11.8. The summed E-state index contributed by atoms with van der Waals surface area (Å²) in [5.74, 6) is 0. The van der Waals surface area contributed by atoms with Gasteiger partial charge in [-0.05, 0) is 24.3 Å². The van der Waals surface area contributed by atoms with Crippen molar-refractivity contribution in [2.45, 2.75) is 6.92 Å². The third kappa shape index (κ3) is 2.63. The molecule has 3 nitrogen and oxygen atoms in total. The molecule has 0 radical (unpaired) electrons. The molecule has 0 aliphatic carbocycles. The first-order chi connectivity index (χ1) is 8.85. The summed E-state index contributed by atoms with van der Waals surface area (Å²) in [7, 11) is 0. The van der Waals surface area contributed by atoms with Crippen molar-refractivity contribution in [3.05, 3.63) is 59.2 Å². The standard InChI is InChI=1S/C15H15N3/c1-2-12-5-3-4-6-14(12)15(11-16)18-13-7-9-17-10-8-13/h2-11,16H,1H3,(H,17,18)/b12-2-,15-14+,16-11?. The first kappa shape index (κ1) is 12.0. The Morgan fingerprint density at radius 1 is 1.17 bits per heavy atom. The zero-order chi connectivity index (χ0) is 12.8. The molecule has 2 N–H and O–H groups in total. The summed E-state index contributed by atoms with van der Waals surface area (Å²) in [6.07, 6.45) is 6.82. The Kier molecular flexibility index (Phi) is 3.86. The predicted octanol–water partition coefficient (Wildman–Crippen LogP) is 1.75. The van der Waals surface area contributed by atoms with E-state index in [0.29, 0.717) is 0 Å². The zero-order valence-corrected chi connectivity index (χ0v) is 10.2. The van der Waals surface area contributed by atoms with E-state index in [0.717, 1.165) is 21.8 Å². The lowest BCUT2D eigenvalue weighted by atomic mass is 10.2. The van der Waals surface area contributed by atoms with Gasteiger partial charge in [0, 0.05) is 29.5 Å². The van der Waals surface area contributed by atoms with Crippen molar-refractivity contribution in [3.8, 4) is 0 Å². The van der Waals surface area contributed by atoms with E-state index in [9.17, 15) is 0 Å². The Labute approximate surface area is 106 Å². The molecule has 0 saturated carbocycles. The molecule has 0 atom stereocenters. The summed E-state index contributed by atoms with van der Waals surface area (Å²) in [6.45, 7) is 1.99. The van der Waals surface area contributed by atoms with Crippen LogP contribution in [0.2, 0.25) is 0 Å². The van der Waals surface area contributed by atoms with E-state index in [-0.39, 0.29) is 0 Å². The van der Waals surface area contributed by atoms with E-state index >= 15 is 0 Å². The molecule has 18 heavy (non-hydrogen) atoms. The predicted molar refractivity (Wildman–Crippen MR) is 75.9 cm³/mol. The van der Waals surface area contributed by atoms with E-state index in [1.165, 1.54) is 6.21 Å². The third-order valence-corrected chi connectivity index (χ3v) is 2.67. The highest BCUT2D eigenvalue weighted by Gasteiger charge is 1.96. The molecule has 1 heterocycles. The monoisotopic (exact) mass is 237 g/mol. The summed E-state index contributed by atoms with van der Waals surface area (Å²) in [5.41, 5.74) is 1.70. The highest BCUT2D eigenvalue weighted by molar-refractivity contribution is 6.04. The number of anilines is 1. The molecule has 0 aliphatic rings. The number of hydrogen-bond donors (Lipinski definition) is 2. The van der Waals surface area contributed by atoms with Crippen molar-refractivity contribution in [1.82, 2.24) is 4.98 Å². The Balaban J connectivity index is 2.55. The third-order valence-electron chi connectivity index (χ3n) is 2.67. The molecule has 1 aromatic carbocycles. The van der Waals surface area contributed by atoms with Crippen LogP contribution in [0.1, 0.15) is 6.92 Å². The van der Waals surface area contributed by atoms with E-state index in [4.69, 9.17) is 5.41 Å². The van der Waals surface area contributed by atoms with Gasteiger partial charge in [-0.25, -0.2) is 0 Å². The molecule has 1 aromatic heterocycles. The molecule has 0 fully saturated rings. The minimum Gasteiger partial charge on any atom is -0.354 e. The van der Waals surface area contributed by atoms with Crippen LogP contribution in [0, 0.1) is 5.41 Å². The smallest absolute Gasteiger partial charge is 0.0642 e. The Morgan fingerprint density at radius 3 is 2.56 bits per heavy atom. The molecule has 2 aromatic rings. The van der Waals surface area contributed by atoms with Gasteiger partial charge in [-0.3, -0.25) is 4.98 Å². The fraction of sp³-hybridized carbons (Fsp3) is 0.0667. The molecule has 0 unspecified atom stereocenters. The molecule has 90 valence electrons. The zero-order valence-electron chi connectivity index (χ0n) is 10.2. The van der Waals surface area contributed by atoms with Gasteiger partial charge in [-0.1, -0.05) is 30.3 Å². The van der Waals surface area contributed by atoms with Crippen LogP contribution in [-0.2, 0) is 0 Å². The van der Waals surface area contributed by atoms with Crippen molar-refractivity contribution in [2.75, 3.05) is 5.32 Å². The highest BCUT2D eigenvalue weighted by atomic mass is 14.9. The fourth-order valence-corrected chi connectivity index (χ4v) is 1.77. The van der Waals surface area contributed by atoms with E-state index in [1.54, 1.807) is 12.4 Å². The number of rotatable bonds is 3. The molecule has 2 rings (SSSR count). The maximum Gasteiger partial charge on any atom is 0.0642 e. The molecular weight excluding hydrogens is 222 g/mol. The van der Waals surface area contributed by atoms with Crippen LogP contribution in [0.15, 0.2) is 48.8 Å². The second kappa shape index (κ2) is 5.77. The van der Waals surface area contributed by atoms with Crippen LogP contribution >= 0.6 is 0 Å². The number of pyridine rings is 1. The molecule has 0 saturated heterocycles. The summed E-state index contributed by atoms with van der Waals surface area (Å²) in [5, 5.41) is 12.9. The fourth-order valence-electron chi connectivity index (χ4n) is 1.77. The van der Waals surface area contributed by atoms with Crippen LogP contribution < -0.4 is 15.8 Å². The average Bonchev–Trinajstić information content (AvgIpc) is 2.46. The van der Waals surface area contributed by atoms with Gasteiger partial charge in [0.25, 0.3) is 0 Å². The lowest BCUT2D eigenvalue weighted by molar-refractivity contribution is 1.33. The van der Waals surface area contributed by atoms with Crippen LogP contribution in [0.5, 0.6) is 0 Å². The minimum absolute atomic E-state index is 0.773. The normalized spacial score (nSPS) is 13.1. The van der Waals surface area contributed by atoms with Crippen LogP contribution in [0.3, 0.4) is 0 Å². The molecule has 0 bridgehead atoms. The second-order valence-electron chi connectivity index (χ2n) is 3.79. The Morgan fingerprint density at radius 2 is 1.89 bits per heavy atom. The van der Waals surface area contributed by atoms with E-state index in [1.807, 2.05) is 49.4 Å². The van der Waals surface area contributed by atoms with Gasteiger partial charge in [0.05, 0.1) is 5.70 Å². The van der Waals surface area contributed by atoms with Crippen LogP contribution in [0.25, 0.3) is 11.8 Å². The van der Waals surface area contributed by atoms with Gasteiger partial charge in [0.2, 0.25) is 0 Å². The molecule has 0 amide bonds. The Bertz CT molecular complexity index is 645. The van der Waals surface area contributed by atoms with Gasteiger partial charge in [0.15, 0.2) is 0 Å². The molecular formula is C15H15N3. The topological polar surface area (TPSA) is 48.8 Å². The Hall–Kier alpha value is -2.42. The number of nitrogens with zero attached hydrogens (tertiary/aromatic N) is 1. The lowest BCUT2D eigenvalue weighted by Crippen LogP contribution is -2.29. The maximum absolute atomic E-state index is 7.56. The number of hydrogen-bond acceptors (Lipinski definition) is 3. The van der Waals surface area contributed by atoms with Gasteiger partial charge < -0.3 is 10.7 Å². The van der Waals surface area contributed by atoms with Crippen LogP contribution in [0.4, 0.5) is 5.69 Å². The second-order valence-corrected chi connectivity index (χ2v) is 3.79. The van der Waals surface area contributed by atoms with Gasteiger partial charge in [-0.2, -0.15) is 0 Å². The summed E-state index contributed by atoms with van der Waals surface area (Å²) >= 11 is 0. The van der Waals surface area contributed by atoms with Crippen molar-refractivity contribution in [1.29, 1.82) is 5.41 Å². The molecule has 3 heteroatoms. The molecule has 0 spiro atoms. The van der Waals surface area contributed by atoms with Gasteiger partial charge in [-0.15, -0.1) is 0 Å². The maximum atomic E-state index is 7.56. The van der Waals surface area contributed by atoms with Gasteiger partial charge >= 0.3 is 0 Å². The van der Waals surface area contributed by atoms with Crippen LogP contribution in [-0.4, -0.2) is 11.2 Å². The SMILES string of the molecule is C/C=c1/cccc/c1=C(/C=N)Nc1ccncc1. The first-order valence-corrected chi connectivity index (χ1v) is 5.78. The minimum atomic E-state index is 0.773. The van der Waals surface area contributed by atoms with Crippen molar-refractivity contribution < 1.29 is 0 Å². The van der Waals surface area contributed by atoms with Crippen molar-refractivity contribution in [3.63, 3.8) is 0 Å². The average molecular weight is 237 g/mol. The van der Waals surface area contributed by atoms with Crippen molar-refractivity contribution in [2.24, 2.45) is 0 Å². The van der Waals surface area contributed by atoms with E-state index in [2.05, 4.69) is 10.3 Å². The number of benzene rings is 1. The van der Waals surface area contributed by atoms with Gasteiger partial charge in [0.1, 0.15) is 0 Å². The van der Waals surface area contributed by atoms with E-state index < -0.39 is 0 Å². The summed E-state index contributed by atoms with van der Waals surface area (Å²) < 4.78 is 0. The number of nitrogens with one attached hydrogen (secondary N) is 2. The highest BCUT2D eigenvalue weighted by Crippen LogP contribution is 2.05.